The summed E-state index contributed by atoms with van der Waals surface area (Å²) in [6.07, 6.45) is 1.57. The van der Waals surface area contributed by atoms with E-state index in [1.807, 2.05) is 6.92 Å². The van der Waals surface area contributed by atoms with Crippen molar-refractivity contribution in [1.82, 2.24) is 4.98 Å². The molecule has 0 spiro atoms. The van der Waals surface area contributed by atoms with Gasteiger partial charge in [-0.15, -0.1) is 10.2 Å². The summed E-state index contributed by atoms with van der Waals surface area (Å²) >= 11 is 0. The third-order valence-corrected chi connectivity index (χ3v) is 2.25. The van der Waals surface area contributed by atoms with E-state index in [-0.39, 0.29) is 28.4 Å². The number of aromatic hydroxyl groups is 2. The maximum atomic E-state index is 11.4. The van der Waals surface area contributed by atoms with E-state index in [0.717, 1.165) is 11.6 Å². The Kier molecular flexibility index (Phi) is 3.09. The lowest BCUT2D eigenvalue weighted by Gasteiger charge is -1.98. The zero-order valence-corrected chi connectivity index (χ0v) is 9.58. The molecule has 6 heteroatoms. The van der Waals surface area contributed by atoms with Crippen molar-refractivity contribution < 1.29 is 10.2 Å². The van der Waals surface area contributed by atoms with Crippen molar-refractivity contribution in [1.29, 1.82) is 0 Å². The number of hydrogen-bond acceptors (Lipinski definition) is 5. The molecule has 6 nitrogen and oxygen atoms in total. The fraction of sp³-hybridized carbons (Fsp3) is 0.0833. The van der Waals surface area contributed by atoms with Gasteiger partial charge in [0.2, 0.25) is 0 Å². The Labute approximate surface area is 102 Å². The number of benzene rings is 1. The summed E-state index contributed by atoms with van der Waals surface area (Å²) in [6.45, 7) is 1.81. The smallest absolute Gasteiger partial charge is 0.275 e. The predicted molar refractivity (Wildman–Crippen MR) is 65.7 cm³/mol. The minimum Gasteiger partial charge on any atom is -0.508 e. The second-order valence-corrected chi connectivity index (χ2v) is 3.76. The van der Waals surface area contributed by atoms with Gasteiger partial charge in [-0.25, -0.2) is 0 Å². The maximum Gasteiger partial charge on any atom is 0.275 e. The Morgan fingerprint density at radius 1 is 1.11 bits per heavy atom. The molecule has 1 heterocycles. The molecule has 0 amide bonds. The van der Waals surface area contributed by atoms with Crippen molar-refractivity contribution in [3.05, 3.63) is 46.4 Å². The molecule has 0 aliphatic rings. The molecule has 18 heavy (non-hydrogen) atoms. The van der Waals surface area contributed by atoms with E-state index >= 15 is 0 Å². The standard InChI is InChI=1S/C12H11N3O3/c1-7-4-10(12(18)13-6-7)15-14-9-3-2-8(16)5-11(9)17/h2-6,16-17H,1H3,(H,13,18). The molecule has 92 valence electrons. The number of aromatic amines is 1. The van der Waals surface area contributed by atoms with Crippen molar-refractivity contribution >= 4 is 11.4 Å². The number of azo groups is 1. The van der Waals surface area contributed by atoms with E-state index < -0.39 is 0 Å². The van der Waals surface area contributed by atoms with Crippen LogP contribution in [0.15, 0.2) is 45.5 Å². The molecule has 0 saturated carbocycles. The number of phenolic OH excluding ortho intramolecular Hbond substituents is 2. The molecule has 0 radical (unpaired) electrons. The molecular formula is C12H11N3O3. The van der Waals surface area contributed by atoms with E-state index in [0.29, 0.717) is 0 Å². The highest BCUT2D eigenvalue weighted by atomic mass is 16.3. The van der Waals surface area contributed by atoms with Gasteiger partial charge in [-0.1, -0.05) is 0 Å². The van der Waals surface area contributed by atoms with Crippen LogP contribution < -0.4 is 5.56 Å². The van der Waals surface area contributed by atoms with Crippen molar-refractivity contribution in [2.75, 3.05) is 0 Å². The first kappa shape index (κ1) is 11.8. The van der Waals surface area contributed by atoms with Crippen LogP contribution >= 0.6 is 0 Å². The van der Waals surface area contributed by atoms with Crippen LogP contribution in [0, 0.1) is 6.92 Å². The van der Waals surface area contributed by atoms with Crippen molar-refractivity contribution in [2.45, 2.75) is 6.92 Å². The summed E-state index contributed by atoms with van der Waals surface area (Å²) in [5.41, 5.74) is 0.817. The summed E-state index contributed by atoms with van der Waals surface area (Å²) in [4.78, 5) is 13.9. The average molecular weight is 245 g/mol. The lowest BCUT2D eigenvalue weighted by Crippen LogP contribution is -2.03. The maximum absolute atomic E-state index is 11.4. The van der Waals surface area contributed by atoms with Gasteiger partial charge in [-0.3, -0.25) is 4.79 Å². The number of pyridine rings is 1. The van der Waals surface area contributed by atoms with Gasteiger partial charge in [-0.05, 0) is 30.7 Å². The van der Waals surface area contributed by atoms with Gasteiger partial charge in [0.05, 0.1) is 0 Å². The third kappa shape index (κ3) is 2.54. The Morgan fingerprint density at radius 2 is 1.83 bits per heavy atom. The fourth-order valence-electron chi connectivity index (χ4n) is 1.35. The second-order valence-electron chi connectivity index (χ2n) is 3.76. The van der Waals surface area contributed by atoms with E-state index in [9.17, 15) is 9.90 Å². The summed E-state index contributed by atoms with van der Waals surface area (Å²) in [6, 6.07) is 5.50. The van der Waals surface area contributed by atoms with Crippen molar-refractivity contribution in [3.8, 4) is 11.5 Å². The molecule has 3 N–H and O–H groups in total. The molecule has 0 atom stereocenters. The molecule has 0 saturated heterocycles. The van der Waals surface area contributed by atoms with E-state index in [1.165, 1.54) is 12.1 Å². The van der Waals surface area contributed by atoms with Gasteiger partial charge >= 0.3 is 0 Å². The molecule has 1 aromatic carbocycles. The van der Waals surface area contributed by atoms with Crippen LogP contribution in [0.1, 0.15) is 5.56 Å². The van der Waals surface area contributed by atoms with E-state index in [2.05, 4.69) is 15.2 Å². The van der Waals surface area contributed by atoms with Crippen molar-refractivity contribution in [2.24, 2.45) is 10.2 Å². The van der Waals surface area contributed by atoms with Gasteiger partial charge in [-0.2, -0.15) is 0 Å². The van der Waals surface area contributed by atoms with Crippen LogP contribution in [-0.4, -0.2) is 15.2 Å². The summed E-state index contributed by atoms with van der Waals surface area (Å²) in [7, 11) is 0. The molecule has 1 aromatic heterocycles. The lowest BCUT2D eigenvalue weighted by atomic mass is 10.3. The molecule has 0 unspecified atom stereocenters. The highest BCUT2D eigenvalue weighted by molar-refractivity contribution is 5.53. The summed E-state index contributed by atoms with van der Waals surface area (Å²) in [5, 5.41) is 26.1. The number of nitrogens with one attached hydrogen (secondary N) is 1. The first-order valence-corrected chi connectivity index (χ1v) is 5.19. The second kappa shape index (κ2) is 4.70. The SMILES string of the molecule is Cc1c[nH]c(=O)c(N=Nc2ccc(O)cc2O)c1. The highest BCUT2D eigenvalue weighted by Gasteiger charge is 2.02. The number of phenols is 2. The molecule has 0 bridgehead atoms. The Hall–Kier alpha value is -2.63. The minimum absolute atomic E-state index is 0.0696. The highest BCUT2D eigenvalue weighted by Crippen LogP contribution is 2.30. The molecule has 2 aromatic rings. The number of aryl methyl sites for hydroxylation is 1. The first-order valence-electron chi connectivity index (χ1n) is 5.19. The minimum atomic E-state index is -0.359. The largest absolute Gasteiger partial charge is 0.508 e. The van der Waals surface area contributed by atoms with Crippen LogP contribution in [-0.2, 0) is 0 Å². The van der Waals surface area contributed by atoms with Crippen LogP contribution in [0.3, 0.4) is 0 Å². The molecule has 0 aliphatic heterocycles. The van der Waals surface area contributed by atoms with E-state index in [1.54, 1.807) is 12.3 Å². The fourth-order valence-corrected chi connectivity index (χ4v) is 1.35. The van der Waals surface area contributed by atoms with Crippen LogP contribution in [0.25, 0.3) is 0 Å². The number of hydrogen-bond donors (Lipinski definition) is 3. The third-order valence-electron chi connectivity index (χ3n) is 2.25. The first-order chi connectivity index (χ1) is 8.56. The Morgan fingerprint density at radius 3 is 2.56 bits per heavy atom. The molecule has 0 aliphatic carbocycles. The molecule has 2 rings (SSSR count). The molecular weight excluding hydrogens is 234 g/mol. The van der Waals surface area contributed by atoms with Crippen molar-refractivity contribution in [3.63, 3.8) is 0 Å². The van der Waals surface area contributed by atoms with Gasteiger partial charge in [0.25, 0.3) is 5.56 Å². The Bertz CT molecular complexity index is 662. The Balaban J connectivity index is 2.36. The van der Waals surface area contributed by atoms with E-state index in [4.69, 9.17) is 5.11 Å². The zero-order chi connectivity index (χ0) is 13.1. The summed E-state index contributed by atoms with van der Waals surface area (Å²) in [5.74, 6) is -0.275. The van der Waals surface area contributed by atoms with Gasteiger partial charge in [0.1, 0.15) is 17.2 Å². The average Bonchev–Trinajstić information content (AvgIpc) is 2.32. The van der Waals surface area contributed by atoms with Crippen LogP contribution in [0.4, 0.5) is 11.4 Å². The predicted octanol–water partition coefficient (Wildman–Crippen LogP) is 2.51. The van der Waals surface area contributed by atoms with Crippen LogP contribution in [0.5, 0.6) is 11.5 Å². The topological polar surface area (TPSA) is 98.0 Å². The number of aromatic nitrogens is 1. The zero-order valence-electron chi connectivity index (χ0n) is 9.58. The van der Waals surface area contributed by atoms with Crippen LogP contribution in [0.2, 0.25) is 0 Å². The number of H-pyrrole nitrogens is 1. The molecule has 0 fully saturated rings. The van der Waals surface area contributed by atoms with Gasteiger partial charge in [0, 0.05) is 12.3 Å². The normalized spacial score (nSPS) is 10.9. The van der Waals surface area contributed by atoms with Gasteiger partial charge in [0.15, 0.2) is 5.69 Å². The monoisotopic (exact) mass is 245 g/mol. The van der Waals surface area contributed by atoms with Gasteiger partial charge < -0.3 is 15.2 Å². The summed E-state index contributed by atoms with van der Waals surface area (Å²) < 4.78 is 0. The number of nitrogens with zero attached hydrogens (tertiary/aromatic N) is 2. The number of rotatable bonds is 2. The quantitative estimate of drug-likeness (QED) is 0.709. The lowest BCUT2D eigenvalue weighted by molar-refractivity contribution is 0.451.